The summed E-state index contributed by atoms with van der Waals surface area (Å²) < 4.78 is 17.7. The van der Waals surface area contributed by atoms with E-state index in [0.717, 1.165) is 12.8 Å². The van der Waals surface area contributed by atoms with Gasteiger partial charge in [-0.1, -0.05) is 11.6 Å². The van der Waals surface area contributed by atoms with Crippen molar-refractivity contribution < 1.29 is 14.2 Å². The Morgan fingerprint density at radius 3 is 2.54 bits per heavy atom. The third-order valence-corrected chi connectivity index (χ3v) is 4.38. The molecule has 128 valence electrons. The molecule has 0 unspecified atom stereocenters. The summed E-state index contributed by atoms with van der Waals surface area (Å²) >= 11 is 0. The summed E-state index contributed by atoms with van der Waals surface area (Å²) in [5.41, 5.74) is 1.66. The maximum Gasteiger partial charge on any atom is 0.261 e. The number of benzene rings is 1. The standard InChI is InChI=1S/C18H22N2O4/c1-22-14-9-13-15(17(24-3)16(14)23-2)19-11-20(18(13)21)10-12-7-5-4-6-8-12/h7,9,11H,4-6,8,10H2,1-3H3. The first-order valence-electron chi connectivity index (χ1n) is 8.05. The quantitative estimate of drug-likeness (QED) is 0.789. The van der Waals surface area contributed by atoms with E-state index in [1.807, 2.05) is 0 Å². The maximum atomic E-state index is 12.9. The van der Waals surface area contributed by atoms with Crippen molar-refractivity contribution in [2.75, 3.05) is 21.3 Å². The molecule has 6 nitrogen and oxygen atoms in total. The van der Waals surface area contributed by atoms with E-state index < -0.39 is 0 Å². The van der Waals surface area contributed by atoms with Crippen LogP contribution in [0.3, 0.4) is 0 Å². The van der Waals surface area contributed by atoms with Crippen LogP contribution in [0.25, 0.3) is 10.9 Å². The number of allylic oxidation sites excluding steroid dienone is 2. The van der Waals surface area contributed by atoms with Crippen LogP contribution in [-0.4, -0.2) is 30.9 Å². The number of hydrogen-bond acceptors (Lipinski definition) is 5. The van der Waals surface area contributed by atoms with Gasteiger partial charge in [-0.2, -0.15) is 0 Å². The molecule has 0 fully saturated rings. The lowest BCUT2D eigenvalue weighted by Crippen LogP contribution is -2.22. The molecule has 6 heteroatoms. The Kier molecular flexibility index (Phi) is 4.74. The van der Waals surface area contributed by atoms with E-state index in [1.165, 1.54) is 39.7 Å². The molecule has 2 aromatic rings. The van der Waals surface area contributed by atoms with Crippen molar-refractivity contribution in [1.29, 1.82) is 0 Å². The second-order valence-electron chi connectivity index (χ2n) is 5.83. The van der Waals surface area contributed by atoms with E-state index >= 15 is 0 Å². The molecule has 0 bridgehead atoms. The van der Waals surface area contributed by atoms with Crippen molar-refractivity contribution >= 4 is 10.9 Å². The smallest absolute Gasteiger partial charge is 0.261 e. The van der Waals surface area contributed by atoms with Gasteiger partial charge in [-0.3, -0.25) is 9.36 Å². The van der Waals surface area contributed by atoms with Gasteiger partial charge >= 0.3 is 0 Å². The molecule has 0 atom stereocenters. The van der Waals surface area contributed by atoms with Crippen molar-refractivity contribution in [2.45, 2.75) is 32.2 Å². The predicted octanol–water partition coefficient (Wildman–Crippen LogP) is 2.92. The molecule has 1 heterocycles. The van der Waals surface area contributed by atoms with Crippen LogP contribution in [0.2, 0.25) is 0 Å². The van der Waals surface area contributed by atoms with Gasteiger partial charge in [-0.15, -0.1) is 0 Å². The van der Waals surface area contributed by atoms with Crippen LogP contribution in [0, 0.1) is 0 Å². The average molecular weight is 330 g/mol. The van der Waals surface area contributed by atoms with Crippen LogP contribution in [-0.2, 0) is 6.54 Å². The molecule has 1 aliphatic rings. The van der Waals surface area contributed by atoms with Gasteiger partial charge in [0, 0.05) is 6.54 Å². The Bertz CT molecular complexity index is 839. The number of fused-ring (bicyclic) bond motifs is 1. The van der Waals surface area contributed by atoms with Crippen LogP contribution in [0.15, 0.2) is 28.8 Å². The third-order valence-electron chi connectivity index (χ3n) is 4.38. The first kappa shape index (κ1) is 16.4. The second kappa shape index (κ2) is 6.95. The lowest BCUT2D eigenvalue weighted by atomic mass is 9.99. The Labute approximate surface area is 140 Å². The van der Waals surface area contributed by atoms with Gasteiger partial charge < -0.3 is 14.2 Å². The summed E-state index contributed by atoms with van der Waals surface area (Å²) in [6.45, 7) is 0.582. The molecule has 1 aromatic carbocycles. The molecule has 0 saturated carbocycles. The molecule has 1 aliphatic carbocycles. The summed E-state index contributed by atoms with van der Waals surface area (Å²) in [6.07, 6.45) is 8.34. The number of ether oxygens (including phenoxy) is 3. The van der Waals surface area contributed by atoms with Gasteiger partial charge in [-0.05, 0) is 31.7 Å². The molecule has 0 aliphatic heterocycles. The zero-order valence-electron chi connectivity index (χ0n) is 14.3. The number of hydrogen-bond donors (Lipinski definition) is 0. The normalized spacial score (nSPS) is 14.4. The van der Waals surface area contributed by atoms with Gasteiger partial charge in [0.15, 0.2) is 11.5 Å². The fourth-order valence-corrected chi connectivity index (χ4v) is 3.15. The Morgan fingerprint density at radius 1 is 1.12 bits per heavy atom. The van der Waals surface area contributed by atoms with Gasteiger partial charge in [0.1, 0.15) is 5.52 Å². The van der Waals surface area contributed by atoms with E-state index in [1.54, 1.807) is 17.0 Å². The van der Waals surface area contributed by atoms with Crippen LogP contribution in [0.4, 0.5) is 0 Å². The highest BCUT2D eigenvalue weighted by Crippen LogP contribution is 2.41. The summed E-state index contributed by atoms with van der Waals surface area (Å²) in [5, 5.41) is 0.461. The topological polar surface area (TPSA) is 62.6 Å². The molecule has 24 heavy (non-hydrogen) atoms. The molecule has 0 amide bonds. The minimum atomic E-state index is -0.106. The highest BCUT2D eigenvalue weighted by atomic mass is 16.5. The largest absolute Gasteiger partial charge is 0.493 e. The number of aromatic nitrogens is 2. The molecule has 0 spiro atoms. The summed E-state index contributed by atoms with van der Waals surface area (Å²) in [4.78, 5) is 17.3. The lowest BCUT2D eigenvalue weighted by molar-refractivity contribution is 0.326. The predicted molar refractivity (Wildman–Crippen MR) is 92.2 cm³/mol. The summed E-state index contributed by atoms with van der Waals surface area (Å²) in [5.74, 6) is 1.30. The second-order valence-corrected chi connectivity index (χ2v) is 5.83. The minimum absolute atomic E-state index is 0.106. The zero-order chi connectivity index (χ0) is 17.1. The maximum absolute atomic E-state index is 12.9. The number of rotatable bonds is 5. The Hall–Kier alpha value is -2.50. The molecule has 1 aromatic heterocycles. The van der Waals surface area contributed by atoms with Gasteiger partial charge in [0.2, 0.25) is 5.75 Å². The van der Waals surface area contributed by atoms with Crippen molar-refractivity contribution in [2.24, 2.45) is 0 Å². The first-order valence-corrected chi connectivity index (χ1v) is 8.05. The van der Waals surface area contributed by atoms with Crippen molar-refractivity contribution in [3.8, 4) is 17.2 Å². The number of methoxy groups -OCH3 is 3. The molecular formula is C18H22N2O4. The Morgan fingerprint density at radius 2 is 1.92 bits per heavy atom. The Balaban J connectivity index is 2.14. The van der Waals surface area contributed by atoms with Crippen LogP contribution in [0.5, 0.6) is 17.2 Å². The monoisotopic (exact) mass is 330 g/mol. The van der Waals surface area contributed by atoms with Crippen LogP contribution in [0.1, 0.15) is 25.7 Å². The third kappa shape index (κ3) is 2.84. The van der Waals surface area contributed by atoms with E-state index in [9.17, 15) is 4.79 Å². The van der Waals surface area contributed by atoms with Gasteiger partial charge in [0.05, 0.1) is 33.0 Å². The molecular weight excluding hydrogens is 308 g/mol. The minimum Gasteiger partial charge on any atom is -0.493 e. The van der Waals surface area contributed by atoms with Crippen LogP contribution >= 0.6 is 0 Å². The average Bonchev–Trinajstić information content (AvgIpc) is 2.63. The van der Waals surface area contributed by atoms with E-state index in [0.29, 0.717) is 34.7 Å². The van der Waals surface area contributed by atoms with Crippen LogP contribution < -0.4 is 19.8 Å². The van der Waals surface area contributed by atoms with Crippen molar-refractivity contribution in [3.63, 3.8) is 0 Å². The molecule has 0 radical (unpaired) electrons. The fraction of sp³-hybridized carbons (Fsp3) is 0.444. The van der Waals surface area contributed by atoms with Gasteiger partial charge in [-0.25, -0.2) is 4.98 Å². The summed E-state index contributed by atoms with van der Waals surface area (Å²) in [6, 6.07) is 1.66. The van der Waals surface area contributed by atoms with Crippen molar-refractivity contribution in [3.05, 3.63) is 34.4 Å². The molecule has 0 N–H and O–H groups in total. The molecule has 0 saturated heterocycles. The molecule has 3 rings (SSSR count). The highest BCUT2D eigenvalue weighted by molar-refractivity contribution is 5.89. The SMILES string of the molecule is COc1cc2c(=O)n(CC3=CCCCC3)cnc2c(OC)c1OC. The van der Waals surface area contributed by atoms with E-state index in [2.05, 4.69) is 11.1 Å². The zero-order valence-corrected chi connectivity index (χ0v) is 14.3. The summed E-state index contributed by atoms with van der Waals surface area (Å²) in [7, 11) is 4.59. The van der Waals surface area contributed by atoms with Gasteiger partial charge in [0.25, 0.3) is 5.56 Å². The van der Waals surface area contributed by atoms with E-state index in [4.69, 9.17) is 14.2 Å². The van der Waals surface area contributed by atoms with Crippen molar-refractivity contribution in [1.82, 2.24) is 9.55 Å². The highest BCUT2D eigenvalue weighted by Gasteiger charge is 2.19. The first-order chi connectivity index (χ1) is 11.7. The van der Waals surface area contributed by atoms with E-state index in [-0.39, 0.29) is 5.56 Å². The number of nitrogens with zero attached hydrogens (tertiary/aromatic N) is 2. The fourth-order valence-electron chi connectivity index (χ4n) is 3.15. The lowest BCUT2D eigenvalue weighted by Gasteiger charge is -2.16.